The predicted octanol–water partition coefficient (Wildman–Crippen LogP) is 3.23. The molecule has 7 nitrogen and oxygen atoms in total. The maximum Gasteiger partial charge on any atom is 0.321 e. The minimum absolute atomic E-state index is 0.265. The van der Waals surface area contributed by atoms with E-state index in [4.69, 9.17) is 0 Å². The Labute approximate surface area is 165 Å². The summed E-state index contributed by atoms with van der Waals surface area (Å²) < 4.78 is 0. The van der Waals surface area contributed by atoms with E-state index in [2.05, 4.69) is 49.1 Å². The van der Waals surface area contributed by atoms with E-state index < -0.39 is 0 Å². The van der Waals surface area contributed by atoms with Gasteiger partial charge in [0, 0.05) is 36.8 Å². The van der Waals surface area contributed by atoms with E-state index in [1.807, 2.05) is 29.5 Å². The van der Waals surface area contributed by atoms with Crippen LogP contribution >= 0.6 is 22.7 Å². The number of hydrogen-bond acceptors (Lipinski definition) is 7. The number of nitrogens with one attached hydrogen (secondary N) is 2. The van der Waals surface area contributed by atoms with E-state index in [1.54, 1.807) is 6.20 Å². The minimum Gasteiger partial charge on any atom is -0.336 e. The first-order valence-electron chi connectivity index (χ1n) is 8.78. The van der Waals surface area contributed by atoms with E-state index in [0.717, 1.165) is 25.2 Å². The quantitative estimate of drug-likeness (QED) is 0.687. The summed E-state index contributed by atoms with van der Waals surface area (Å²) >= 11 is 3.14. The van der Waals surface area contributed by atoms with Crippen LogP contribution in [0.25, 0.3) is 10.7 Å². The Morgan fingerprint density at radius 3 is 3.11 bits per heavy atom. The number of rotatable bonds is 5. The molecular weight excluding hydrogens is 380 g/mol. The van der Waals surface area contributed by atoms with Crippen molar-refractivity contribution in [3.63, 3.8) is 0 Å². The van der Waals surface area contributed by atoms with Crippen molar-refractivity contribution < 1.29 is 4.79 Å². The fourth-order valence-corrected chi connectivity index (χ4v) is 4.63. The highest BCUT2D eigenvalue weighted by Gasteiger charge is 2.21. The van der Waals surface area contributed by atoms with Gasteiger partial charge < -0.3 is 5.32 Å². The van der Waals surface area contributed by atoms with Crippen LogP contribution in [0.3, 0.4) is 0 Å². The molecule has 0 aromatic carbocycles. The minimum atomic E-state index is -0.265. The standard InChI is InChI=1S/C18H20N6OS2/c1-12(24-8-5-15-13(11-24)6-9-26-15)10-20-17(25)21-18-23-22-16(27-18)14-4-2-3-7-19-14/h2-4,6-7,9,12H,5,8,10-11H2,1H3,(H2,20,21,23,25). The molecule has 1 atom stereocenters. The second-order valence-electron chi connectivity index (χ2n) is 6.40. The zero-order valence-electron chi connectivity index (χ0n) is 14.9. The molecule has 0 bridgehead atoms. The number of hydrogen-bond donors (Lipinski definition) is 2. The van der Waals surface area contributed by atoms with Crippen LogP contribution in [-0.4, -0.2) is 45.2 Å². The van der Waals surface area contributed by atoms with Crippen molar-refractivity contribution in [2.75, 3.05) is 18.4 Å². The lowest BCUT2D eigenvalue weighted by atomic mass is 10.1. The first-order chi connectivity index (χ1) is 13.2. The molecule has 1 aliphatic heterocycles. The molecule has 2 amide bonds. The Morgan fingerprint density at radius 2 is 2.26 bits per heavy atom. The van der Waals surface area contributed by atoms with Gasteiger partial charge in [-0.3, -0.25) is 15.2 Å². The third kappa shape index (κ3) is 4.32. The predicted molar refractivity (Wildman–Crippen MR) is 108 cm³/mol. The van der Waals surface area contributed by atoms with Crippen LogP contribution in [-0.2, 0) is 13.0 Å². The average molecular weight is 401 g/mol. The molecule has 27 heavy (non-hydrogen) atoms. The number of thiophene rings is 1. The molecular formula is C18H20N6OS2. The molecule has 4 heterocycles. The molecule has 1 aliphatic rings. The summed E-state index contributed by atoms with van der Waals surface area (Å²) in [5.74, 6) is 0. The summed E-state index contributed by atoms with van der Waals surface area (Å²) in [7, 11) is 0. The molecule has 0 saturated carbocycles. The summed E-state index contributed by atoms with van der Waals surface area (Å²) in [6.07, 6.45) is 2.79. The number of nitrogens with zero attached hydrogens (tertiary/aromatic N) is 4. The molecule has 0 spiro atoms. The van der Waals surface area contributed by atoms with Crippen molar-refractivity contribution in [2.45, 2.75) is 25.9 Å². The van der Waals surface area contributed by atoms with Crippen molar-refractivity contribution in [3.05, 3.63) is 46.3 Å². The lowest BCUT2D eigenvalue weighted by molar-refractivity contribution is 0.188. The van der Waals surface area contributed by atoms with Gasteiger partial charge in [0.1, 0.15) is 5.69 Å². The van der Waals surface area contributed by atoms with Gasteiger partial charge in [-0.15, -0.1) is 21.5 Å². The smallest absolute Gasteiger partial charge is 0.321 e. The number of urea groups is 1. The Morgan fingerprint density at radius 1 is 1.33 bits per heavy atom. The molecule has 0 fully saturated rings. The zero-order chi connectivity index (χ0) is 18.6. The molecule has 0 radical (unpaired) electrons. The summed E-state index contributed by atoms with van der Waals surface area (Å²) in [4.78, 5) is 20.3. The molecule has 0 aliphatic carbocycles. The van der Waals surface area contributed by atoms with Crippen LogP contribution < -0.4 is 10.6 Å². The van der Waals surface area contributed by atoms with Crippen molar-refractivity contribution in [1.29, 1.82) is 0 Å². The lowest BCUT2D eigenvalue weighted by Gasteiger charge is -2.32. The van der Waals surface area contributed by atoms with Crippen molar-refractivity contribution >= 4 is 33.8 Å². The molecule has 2 N–H and O–H groups in total. The number of pyridine rings is 1. The molecule has 140 valence electrons. The molecule has 1 unspecified atom stereocenters. The maximum absolute atomic E-state index is 12.2. The number of amides is 2. The number of aromatic nitrogens is 3. The van der Waals surface area contributed by atoms with E-state index >= 15 is 0 Å². The molecule has 9 heteroatoms. The SMILES string of the molecule is CC(CNC(=O)Nc1nnc(-c2ccccn2)s1)N1CCc2sccc2C1. The molecule has 3 aromatic heterocycles. The second kappa shape index (κ2) is 8.12. The van der Waals surface area contributed by atoms with Crippen molar-refractivity contribution in [1.82, 2.24) is 25.4 Å². The molecule has 3 aromatic rings. The number of anilines is 1. The van der Waals surface area contributed by atoms with Crippen LogP contribution in [0.2, 0.25) is 0 Å². The van der Waals surface area contributed by atoms with E-state index in [-0.39, 0.29) is 12.1 Å². The first kappa shape index (κ1) is 18.0. The highest BCUT2D eigenvalue weighted by Crippen LogP contribution is 2.25. The zero-order valence-corrected chi connectivity index (χ0v) is 16.5. The van der Waals surface area contributed by atoms with E-state index in [1.165, 1.54) is 21.8 Å². The summed E-state index contributed by atoms with van der Waals surface area (Å²) in [5, 5.41) is 17.1. The van der Waals surface area contributed by atoms with Gasteiger partial charge in [0.15, 0.2) is 5.01 Å². The van der Waals surface area contributed by atoms with Crippen LogP contribution in [0.1, 0.15) is 17.4 Å². The lowest BCUT2D eigenvalue weighted by Crippen LogP contribution is -2.45. The number of fused-ring (bicyclic) bond motifs is 1. The van der Waals surface area contributed by atoms with Gasteiger partial charge in [-0.2, -0.15) is 0 Å². The second-order valence-corrected chi connectivity index (χ2v) is 8.38. The summed E-state index contributed by atoms with van der Waals surface area (Å²) in [5.41, 5.74) is 2.16. The Bertz CT molecular complexity index is 909. The maximum atomic E-state index is 12.2. The summed E-state index contributed by atoms with van der Waals surface area (Å²) in [6.45, 7) is 4.70. The van der Waals surface area contributed by atoms with Crippen molar-refractivity contribution in [2.24, 2.45) is 0 Å². The third-order valence-corrected chi connectivity index (χ3v) is 6.43. The van der Waals surface area contributed by atoms with E-state index in [0.29, 0.717) is 16.7 Å². The fourth-order valence-electron chi connectivity index (χ4n) is 3.02. The summed E-state index contributed by atoms with van der Waals surface area (Å²) in [6, 6.07) is 7.81. The van der Waals surface area contributed by atoms with Crippen LogP contribution in [0.4, 0.5) is 9.93 Å². The van der Waals surface area contributed by atoms with Crippen molar-refractivity contribution in [3.8, 4) is 10.7 Å². The van der Waals surface area contributed by atoms with Gasteiger partial charge in [-0.25, -0.2) is 4.79 Å². The van der Waals surface area contributed by atoms with Crippen LogP contribution in [0.5, 0.6) is 0 Å². The molecule has 0 saturated heterocycles. The first-order valence-corrected chi connectivity index (χ1v) is 10.5. The van der Waals surface area contributed by atoms with Gasteiger partial charge in [-0.05, 0) is 42.5 Å². The number of carbonyl (C=O) groups excluding carboxylic acids is 1. The van der Waals surface area contributed by atoms with Gasteiger partial charge in [-0.1, -0.05) is 17.4 Å². The van der Waals surface area contributed by atoms with E-state index in [9.17, 15) is 4.79 Å². The highest BCUT2D eigenvalue weighted by molar-refractivity contribution is 7.18. The third-order valence-electron chi connectivity index (χ3n) is 4.55. The monoisotopic (exact) mass is 400 g/mol. The Balaban J connectivity index is 1.27. The Kier molecular flexibility index (Phi) is 5.42. The van der Waals surface area contributed by atoms with Gasteiger partial charge >= 0.3 is 6.03 Å². The average Bonchev–Trinajstić information content (AvgIpc) is 3.35. The van der Waals surface area contributed by atoms with Crippen LogP contribution in [0.15, 0.2) is 35.8 Å². The fraction of sp³-hybridized carbons (Fsp3) is 0.333. The number of carbonyl (C=O) groups is 1. The van der Waals surface area contributed by atoms with Gasteiger partial charge in [0.05, 0.1) is 0 Å². The highest BCUT2D eigenvalue weighted by atomic mass is 32.1. The largest absolute Gasteiger partial charge is 0.336 e. The molecule has 4 rings (SSSR count). The van der Waals surface area contributed by atoms with Crippen LogP contribution in [0, 0.1) is 0 Å². The van der Waals surface area contributed by atoms with Gasteiger partial charge in [0.2, 0.25) is 5.13 Å². The topological polar surface area (TPSA) is 83.0 Å². The normalized spacial score (nSPS) is 15.1. The Hall–Kier alpha value is -2.36. The van der Waals surface area contributed by atoms with Gasteiger partial charge in [0.25, 0.3) is 0 Å².